The van der Waals surface area contributed by atoms with Crippen LogP contribution in [0, 0.1) is 0 Å². The van der Waals surface area contributed by atoms with Gasteiger partial charge in [0.2, 0.25) is 0 Å². The van der Waals surface area contributed by atoms with Crippen molar-refractivity contribution in [2.75, 3.05) is 5.73 Å². The predicted molar refractivity (Wildman–Crippen MR) is 49.4 cm³/mol. The molecule has 1 rings (SSSR count). The molecule has 1 aromatic carbocycles. The third-order valence-corrected chi connectivity index (χ3v) is 1.63. The second-order valence-corrected chi connectivity index (χ2v) is 2.47. The zero-order chi connectivity index (χ0) is 8.10. The maximum atomic E-state index is 5.73. The molecule has 58 valence electrons. The molecule has 1 aromatic rings. The van der Waals surface area contributed by atoms with Crippen LogP contribution in [0.4, 0.5) is 5.69 Å². The summed E-state index contributed by atoms with van der Waals surface area (Å²) in [5.41, 5.74) is 7.81. The van der Waals surface area contributed by atoms with E-state index in [2.05, 4.69) is 12.1 Å². The number of rotatable bonds is 2. The van der Waals surface area contributed by atoms with Gasteiger partial charge in [-0.3, -0.25) is 0 Å². The molecule has 0 bridgehead atoms. The van der Waals surface area contributed by atoms with Crippen molar-refractivity contribution in [3.63, 3.8) is 0 Å². The lowest BCUT2D eigenvalue weighted by atomic mass is 10.1. The van der Waals surface area contributed by atoms with Crippen LogP contribution < -0.4 is 5.73 Å². The molecule has 0 fully saturated rings. The molecular weight excluding hydrogens is 134 g/mol. The molecule has 0 heterocycles. The maximum Gasteiger partial charge on any atom is 0.0349 e. The maximum absolute atomic E-state index is 5.73. The summed E-state index contributed by atoms with van der Waals surface area (Å²) < 4.78 is 0. The van der Waals surface area contributed by atoms with Gasteiger partial charge in [-0.1, -0.05) is 30.4 Å². The first kappa shape index (κ1) is 7.86. The van der Waals surface area contributed by atoms with Crippen LogP contribution in [0.25, 0.3) is 0 Å². The SMILES string of the molecule is C/C=C/Cc1ccccc1N. The van der Waals surface area contributed by atoms with Crippen LogP contribution in [0.3, 0.4) is 0 Å². The standard InChI is InChI=1S/C10H13N/c1-2-3-6-9-7-4-5-8-10(9)11/h2-5,7-8H,6,11H2,1H3/b3-2+. The Balaban J connectivity index is 2.77. The third kappa shape index (κ3) is 2.11. The van der Waals surface area contributed by atoms with Crippen LogP contribution in [-0.4, -0.2) is 0 Å². The zero-order valence-corrected chi connectivity index (χ0v) is 6.75. The minimum Gasteiger partial charge on any atom is -0.398 e. The molecule has 0 saturated carbocycles. The second kappa shape index (κ2) is 3.81. The summed E-state index contributed by atoms with van der Waals surface area (Å²) in [5, 5.41) is 0. The lowest BCUT2D eigenvalue weighted by Crippen LogP contribution is -1.91. The van der Waals surface area contributed by atoms with E-state index in [0.29, 0.717) is 0 Å². The fraction of sp³-hybridized carbons (Fsp3) is 0.200. The highest BCUT2D eigenvalue weighted by molar-refractivity contribution is 5.47. The Bertz CT molecular complexity index is 251. The molecule has 0 unspecified atom stereocenters. The van der Waals surface area contributed by atoms with Crippen LogP contribution in [0.1, 0.15) is 12.5 Å². The number of anilines is 1. The van der Waals surface area contributed by atoms with Gasteiger partial charge in [-0.25, -0.2) is 0 Å². The monoisotopic (exact) mass is 147 g/mol. The van der Waals surface area contributed by atoms with E-state index in [0.717, 1.165) is 12.1 Å². The van der Waals surface area contributed by atoms with Gasteiger partial charge in [0.1, 0.15) is 0 Å². The van der Waals surface area contributed by atoms with Crippen LogP contribution in [0.2, 0.25) is 0 Å². The van der Waals surface area contributed by atoms with E-state index >= 15 is 0 Å². The summed E-state index contributed by atoms with van der Waals surface area (Å²) >= 11 is 0. The van der Waals surface area contributed by atoms with Crippen molar-refractivity contribution in [3.8, 4) is 0 Å². The molecular formula is C10H13N. The molecule has 11 heavy (non-hydrogen) atoms. The highest BCUT2D eigenvalue weighted by atomic mass is 14.5. The molecule has 0 aliphatic heterocycles. The van der Waals surface area contributed by atoms with Crippen molar-refractivity contribution in [2.24, 2.45) is 0 Å². The van der Waals surface area contributed by atoms with Crippen molar-refractivity contribution in [2.45, 2.75) is 13.3 Å². The summed E-state index contributed by atoms with van der Waals surface area (Å²) in [5.74, 6) is 0. The van der Waals surface area contributed by atoms with Crippen molar-refractivity contribution in [3.05, 3.63) is 42.0 Å². The number of nitrogen functional groups attached to an aromatic ring is 1. The summed E-state index contributed by atoms with van der Waals surface area (Å²) in [4.78, 5) is 0. The van der Waals surface area contributed by atoms with Crippen LogP contribution >= 0.6 is 0 Å². The van der Waals surface area contributed by atoms with Gasteiger partial charge in [-0.15, -0.1) is 0 Å². The van der Waals surface area contributed by atoms with Gasteiger partial charge in [0.05, 0.1) is 0 Å². The lowest BCUT2D eigenvalue weighted by molar-refractivity contribution is 1.27. The second-order valence-electron chi connectivity index (χ2n) is 2.47. The zero-order valence-electron chi connectivity index (χ0n) is 6.75. The van der Waals surface area contributed by atoms with Crippen LogP contribution in [0.5, 0.6) is 0 Å². The highest BCUT2D eigenvalue weighted by Gasteiger charge is 1.92. The third-order valence-electron chi connectivity index (χ3n) is 1.63. The molecule has 1 heteroatoms. The Morgan fingerprint density at radius 2 is 2.09 bits per heavy atom. The van der Waals surface area contributed by atoms with Gasteiger partial charge < -0.3 is 5.73 Å². The van der Waals surface area contributed by atoms with Gasteiger partial charge in [-0.05, 0) is 25.0 Å². The topological polar surface area (TPSA) is 26.0 Å². The Morgan fingerprint density at radius 1 is 1.36 bits per heavy atom. The van der Waals surface area contributed by atoms with Gasteiger partial charge in [-0.2, -0.15) is 0 Å². The average molecular weight is 147 g/mol. The van der Waals surface area contributed by atoms with E-state index in [9.17, 15) is 0 Å². The summed E-state index contributed by atoms with van der Waals surface area (Å²) in [7, 11) is 0. The van der Waals surface area contributed by atoms with Crippen LogP contribution in [0.15, 0.2) is 36.4 Å². The van der Waals surface area contributed by atoms with E-state index in [-0.39, 0.29) is 0 Å². The number of para-hydroxylation sites is 1. The lowest BCUT2D eigenvalue weighted by Gasteiger charge is -1.99. The van der Waals surface area contributed by atoms with Gasteiger partial charge in [0.15, 0.2) is 0 Å². The minimum absolute atomic E-state index is 0.880. The molecule has 0 radical (unpaired) electrons. The van der Waals surface area contributed by atoms with Gasteiger partial charge in [0, 0.05) is 5.69 Å². The quantitative estimate of drug-likeness (QED) is 0.504. The summed E-state index contributed by atoms with van der Waals surface area (Å²) in [6.45, 7) is 2.01. The van der Waals surface area contributed by atoms with Crippen molar-refractivity contribution in [1.29, 1.82) is 0 Å². The van der Waals surface area contributed by atoms with E-state index in [1.165, 1.54) is 5.56 Å². The number of benzene rings is 1. The Labute approximate surface area is 67.5 Å². The first-order chi connectivity index (χ1) is 5.34. The molecule has 0 atom stereocenters. The molecule has 0 amide bonds. The fourth-order valence-corrected chi connectivity index (χ4v) is 0.965. The smallest absolute Gasteiger partial charge is 0.0349 e. The number of hydrogen-bond donors (Lipinski definition) is 1. The van der Waals surface area contributed by atoms with Gasteiger partial charge >= 0.3 is 0 Å². The average Bonchev–Trinajstić information content (AvgIpc) is 2.03. The molecule has 0 spiro atoms. The van der Waals surface area contributed by atoms with Crippen molar-refractivity contribution in [1.82, 2.24) is 0 Å². The summed E-state index contributed by atoms with van der Waals surface area (Å²) in [6.07, 6.45) is 5.07. The van der Waals surface area contributed by atoms with E-state index in [1.54, 1.807) is 0 Å². The van der Waals surface area contributed by atoms with E-state index in [4.69, 9.17) is 5.73 Å². The number of nitrogens with two attached hydrogens (primary N) is 1. The summed E-state index contributed by atoms with van der Waals surface area (Å²) in [6, 6.07) is 7.94. The minimum atomic E-state index is 0.880. The Morgan fingerprint density at radius 3 is 2.73 bits per heavy atom. The van der Waals surface area contributed by atoms with E-state index in [1.807, 2.05) is 31.2 Å². The Kier molecular flexibility index (Phi) is 2.73. The first-order valence-electron chi connectivity index (χ1n) is 3.79. The number of hydrogen-bond acceptors (Lipinski definition) is 1. The van der Waals surface area contributed by atoms with Crippen molar-refractivity contribution >= 4 is 5.69 Å². The predicted octanol–water partition coefficient (Wildman–Crippen LogP) is 2.39. The normalized spacial score (nSPS) is 10.6. The first-order valence-corrected chi connectivity index (χ1v) is 3.79. The molecule has 2 N–H and O–H groups in total. The highest BCUT2D eigenvalue weighted by Crippen LogP contribution is 2.10. The molecule has 0 saturated heterocycles. The van der Waals surface area contributed by atoms with Crippen LogP contribution in [-0.2, 0) is 6.42 Å². The molecule has 0 aromatic heterocycles. The van der Waals surface area contributed by atoms with Gasteiger partial charge in [0.25, 0.3) is 0 Å². The fourth-order valence-electron chi connectivity index (χ4n) is 0.965. The van der Waals surface area contributed by atoms with E-state index < -0.39 is 0 Å². The number of allylic oxidation sites excluding steroid dienone is 2. The Hall–Kier alpha value is -1.24. The van der Waals surface area contributed by atoms with Crippen molar-refractivity contribution < 1.29 is 0 Å². The molecule has 0 aliphatic rings. The molecule has 1 nitrogen and oxygen atoms in total. The molecule has 0 aliphatic carbocycles. The largest absolute Gasteiger partial charge is 0.398 e.